The van der Waals surface area contributed by atoms with E-state index in [-0.39, 0.29) is 11.3 Å². The van der Waals surface area contributed by atoms with Crippen LogP contribution >= 0.6 is 0 Å². The lowest BCUT2D eigenvalue weighted by atomic mass is 10.1. The largest absolute Gasteiger partial charge is 0.334 e. The summed E-state index contributed by atoms with van der Waals surface area (Å²) in [5.41, 5.74) is -0.486. The third-order valence-electron chi connectivity index (χ3n) is 2.37. The van der Waals surface area contributed by atoms with Crippen molar-refractivity contribution >= 4 is 11.6 Å². The lowest BCUT2D eigenvalue weighted by Crippen LogP contribution is -2.42. The van der Waals surface area contributed by atoms with E-state index in [0.29, 0.717) is 5.56 Å². The van der Waals surface area contributed by atoms with Gasteiger partial charge in [0.2, 0.25) is 0 Å². The third kappa shape index (κ3) is 3.04. The molecule has 6 heteroatoms. The number of nitrogens with zero attached hydrogens (tertiary/aromatic N) is 2. The molecule has 1 aromatic rings. The zero-order valence-corrected chi connectivity index (χ0v) is 10.4. The first-order chi connectivity index (χ1) is 8.26. The summed E-state index contributed by atoms with van der Waals surface area (Å²) in [4.78, 5) is 22.0. The maximum atomic E-state index is 11.8. The summed E-state index contributed by atoms with van der Waals surface area (Å²) in [6, 6.07) is 6.13. The van der Waals surface area contributed by atoms with Gasteiger partial charge < -0.3 is 5.32 Å². The Bertz CT molecular complexity index is 544. The van der Waals surface area contributed by atoms with Gasteiger partial charge in [0.05, 0.1) is 11.0 Å². The predicted octanol–water partition coefficient (Wildman–Crippen LogP) is 1.94. The van der Waals surface area contributed by atoms with Crippen LogP contribution in [0.1, 0.15) is 29.8 Å². The summed E-state index contributed by atoms with van der Waals surface area (Å²) in [5.74, 6) is -0.510. The number of nitro benzene ring substituents is 1. The van der Waals surface area contributed by atoms with Crippen molar-refractivity contribution in [2.75, 3.05) is 0 Å². The smallest absolute Gasteiger partial charge is 0.273 e. The summed E-state index contributed by atoms with van der Waals surface area (Å²) in [6.07, 6.45) is 0. The Balaban J connectivity index is 3.06. The zero-order valence-electron chi connectivity index (χ0n) is 10.4. The van der Waals surface area contributed by atoms with Crippen molar-refractivity contribution in [1.29, 1.82) is 5.26 Å². The number of benzene rings is 1. The molecule has 18 heavy (non-hydrogen) atoms. The van der Waals surface area contributed by atoms with Crippen LogP contribution in [0, 0.1) is 28.4 Å². The summed E-state index contributed by atoms with van der Waals surface area (Å²) in [7, 11) is 0. The van der Waals surface area contributed by atoms with Crippen molar-refractivity contribution in [1.82, 2.24) is 5.32 Å². The molecular weight excluding hydrogens is 234 g/mol. The first-order valence-electron chi connectivity index (χ1n) is 5.25. The Morgan fingerprint density at radius 3 is 2.61 bits per heavy atom. The summed E-state index contributed by atoms with van der Waals surface area (Å²) >= 11 is 0. The minimum atomic E-state index is -1.02. The quantitative estimate of drug-likeness (QED) is 0.652. The average molecular weight is 247 g/mol. The topological polar surface area (TPSA) is 96.0 Å². The molecule has 1 aromatic carbocycles. The van der Waals surface area contributed by atoms with Crippen LogP contribution in [0.5, 0.6) is 0 Å². The molecule has 0 atom stereocenters. The molecule has 0 saturated heterocycles. The predicted molar refractivity (Wildman–Crippen MR) is 65.0 cm³/mol. The van der Waals surface area contributed by atoms with Gasteiger partial charge in [-0.2, -0.15) is 5.26 Å². The first kappa shape index (κ1) is 13.6. The Morgan fingerprint density at radius 1 is 1.50 bits per heavy atom. The van der Waals surface area contributed by atoms with Crippen LogP contribution in [0.2, 0.25) is 0 Å². The Hall–Kier alpha value is -2.42. The van der Waals surface area contributed by atoms with Crippen LogP contribution in [-0.4, -0.2) is 16.4 Å². The number of nitro groups is 1. The zero-order chi connectivity index (χ0) is 13.9. The van der Waals surface area contributed by atoms with Gasteiger partial charge in [-0.25, -0.2) is 0 Å². The summed E-state index contributed by atoms with van der Waals surface area (Å²) in [6.45, 7) is 4.69. The van der Waals surface area contributed by atoms with E-state index in [4.69, 9.17) is 5.26 Å². The van der Waals surface area contributed by atoms with E-state index in [1.807, 2.05) is 6.07 Å². The average Bonchev–Trinajstić information content (AvgIpc) is 2.28. The summed E-state index contributed by atoms with van der Waals surface area (Å²) < 4.78 is 0. The molecule has 0 aliphatic rings. The molecule has 0 aliphatic carbocycles. The number of rotatable bonds is 3. The minimum absolute atomic E-state index is 0.114. The molecule has 0 spiro atoms. The molecule has 0 fully saturated rings. The second-order valence-corrected chi connectivity index (χ2v) is 4.45. The minimum Gasteiger partial charge on any atom is -0.334 e. The molecule has 0 saturated carbocycles. The van der Waals surface area contributed by atoms with Crippen molar-refractivity contribution in [2.45, 2.75) is 26.3 Å². The van der Waals surface area contributed by atoms with Crippen LogP contribution in [0.15, 0.2) is 18.2 Å². The van der Waals surface area contributed by atoms with Gasteiger partial charge in [0, 0.05) is 17.2 Å². The fourth-order valence-electron chi connectivity index (χ4n) is 1.33. The lowest BCUT2D eigenvalue weighted by molar-refractivity contribution is -0.385. The lowest BCUT2D eigenvalue weighted by Gasteiger charge is -2.17. The highest BCUT2D eigenvalue weighted by atomic mass is 16.6. The third-order valence-corrected chi connectivity index (χ3v) is 2.37. The number of nitrogens with one attached hydrogen (secondary N) is 1. The standard InChI is InChI=1S/C12H13N3O3/c1-8-4-5-9(6-10(8)15(17)18)11(16)14-12(2,3)7-13/h4-6H,1-3H3,(H,14,16). The molecule has 0 radical (unpaired) electrons. The van der Waals surface area contributed by atoms with E-state index < -0.39 is 16.4 Å². The molecule has 0 bridgehead atoms. The second kappa shape index (κ2) is 4.84. The number of carbonyl (C=O) groups is 1. The van der Waals surface area contributed by atoms with Gasteiger partial charge in [0.15, 0.2) is 0 Å². The molecular formula is C12H13N3O3. The van der Waals surface area contributed by atoms with Crippen LogP contribution in [-0.2, 0) is 0 Å². The highest BCUT2D eigenvalue weighted by Gasteiger charge is 2.22. The molecule has 94 valence electrons. The SMILES string of the molecule is Cc1ccc(C(=O)NC(C)(C)C#N)cc1[N+](=O)[O-]. The van der Waals surface area contributed by atoms with Crippen LogP contribution in [0.3, 0.4) is 0 Å². The Morgan fingerprint density at radius 2 is 2.11 bits per heavy atom. The van der Waals surface area contributed by atoms with Gasteiger partial charge in [-0.3, -0.25) is 14.9 Å². The van der Waals surface area contributed by atoms with Gasteiger partial charge in [-0.15, -0.1) is 0 Å². The van der Waals surface area contributed by atoms with Crippen LogP contribution in [0.25, 0.3) is 0 Å². The van der Waals surface area contributed by atoms with Gasteiger partial charge in [-0.1, -0.05) is 6.07 Å². The van der Waals surface area contributed by atoms with Crippen LogP contribution < -0.4 is 5.32 Å². The molecule has 1 rings (SSSR count). The Labute approximate surface area is 104 Å². The van der Waals surface area contributed by atoms with E-state index in [2.05, 4.69) is 5.32 Å². The molecule has 6 nitrogen and oxygen atoms in total. The maximum absolute atomic E-state index is 11.8. The number of hydrogen-bond acceptors (Lipinski definition) is 4. The normalized spacial score (nSPS) is 10.6. The number of carbonyl (C=O) groups excluding carboxylic acids is 1. The van der Waals surface area contributed by atoms with Gasteiger partial charge in [-0.05, 0) is 26.8 Å². The molecule has 0 unspecified atom stereocenters. The summed E-state index contributed by atoms with van der Waals surface area (Å²) in [5, 5.41) is 22.0. The van der Waals surface area contributed by atoms with Crippen molar-refractivity contribution in [3.8, 4) is 6.07 Å². The van der Waals surface area contributed by atoms with Crippen LogP contribution in [0.4, 0.5) is 5.69 Å². The van der Waals surface area contributed by atoms with Crippen molar-refractivity contribution < 1.29 is 9.72 Å². The fraction of sp³-hybridized carbons (Fsp3) is 0.333. The second-order valence-electron chi connectivity index (χ2n) is 4.45. The van der Waals surface area contributed by atoms with E-state index in [1.165, 1.54) is 18.2 Å². The van der Waals surface area contributed by atoms with Crippen molar-refractivity contribution in [2.24, 2.45) is 0 Å². The number of hydrogen-bond donors (Lipinski definition) is 1. The fourth-order valence-corrected chi connectivity index (χ4v) is 1.33. The molecule has 0 aliphatic heterocycles. The number of nitriles is 1. The molecule has 0 heterocycles. The highest BCUT2D eigenvalue weighted by molar-refractivity contribution is 5.95. The van der Waals surface area contributed by atoms with Gasteiger partial charge in [0.1, 0.15) is 5.54 Å². The number of amides is 1. The molecule has 0 aromatic heterocycles. The van der Waals surface area contributed by atoms with E-state index in [9.17, 15) is 14.9 Å². The van der Waals surface area contributed by atoms with Crippen molar-refractivity contribution in [3.63, 3.8) is 0 Å². The Kier molecular flexibility index (Phi) is 3.67. The number of aryl methyl sites for hydroxylation is 1. The first-order valence-corrected chi connectivity index (χ1v) is 5.25. The van der Waals surface area contributed by atoms with Gasteiger partial charge in [0.25, 0.3) is 11.6 Å². The molecule has 1 amide bonds. The highest BCUT2D eigenvalue weighted by Crippen LogP contribution is 2.19. The van der Waals surface area contributed by atoms with E-state index >= 15 is 0 Å². The maximum Gasteiger partial charge on any atom is 0.273 e. The molecule has 1 N–H and O–H groups in total. The van der Waals surface area contributed by atoms with Crippen molar-refractivity contribution in [3.05, 3.63) is 39.4 Å². The monoisotopic (exact) mass is 247 g/mol. The van der Waals surface area contributed by atoms with E-state index in [0.717, 1.165) is 0 Å². The van der Waals surface area contributed by atoms with Gasteiger partial charge >= 0.3 is 0 Å². The van der Waals surface area contributed by atoms with E-state index in [1.54, 1.807) is 20.8 Å².